The lowest BCUT2D eigenvalue weighted by atomic mass is 10.2. The van der Waals surface area contributed by atoms with Crippen molar-refractivity contribution in [3.05, 3.63) is 41.9 Å². The van der Waals surface area contributed by atoms with Crippen molar-refractivity contribution in [3.8, 4) is 11.5 Å². The Balaban J connectivity index is 1.23. The Kier molecular flexibility index (Phi) is 5.52. The SMILES string of the molecule is Cc1cc(N2CCN(C)CC2)nc(N2CCN(C(=O)c3cc(-c4ccco4)on3)CC2)n1. The second-order valence-corrected chi connectivity index (χ2v) is 8.29. The predicted molar refractivity (Wildman–Crippen MR) is 119 cm³/mol. The summed E-state index contributed by atoms with van der Waals surface area (Å²) >= 11 is 0. The summed E-state index contributed by atoms with van der Waals surface area (Å²) in [5.41, 5.74) is 1.24. The van der Waals surface area contributed by atoms with Crippen molar-refractivity contribution in [2.75, 3.05) is 69.2 Å². The van der Waals surface area contributed by atoms with E-state index in [1.165, 1.54) is 0 Å². The third-order valence-electron chi connectivity index (χ3n) is 6.00. The largest absolute Gasteiger partial charge is 0.461 e. The number of carbonyl (C=O) groups is 1. The molecule has 0 unspecified atom stereocenters. The van der Waals surface area contributed by atoms with E-state index >= 15 is 0 Å². The molecule has 32 heavy (non-hydrogen) atoms. The Labute approximate surface area is 186 Å². The zero-order chi connectivity index (χ0) is 22.1. The number of nitrogens with zero attached hydrogens (tertiary/aromatic N) is 7. The molecule has 1 amide bonds. The van der Waals surface area contributed by atoms with E-state index in [9.17, 15) is 4.79 Å². The molecule has 2 aliphatic heterocycles. The average Bonchev–Trinajstić information content (AvgIpc) is 3.51. The first-order chi connectivity index (χ1) is 15.6. The van der Waals surface area contributed by atoms with E-state index in [4.69, 9.17) is 13.9 Å². The molecular formula is C22H27N7O3. The van der Waals surface area contributed by atoms with Crippen LogP contribution in [0.1, 0.15) is 16.2 Å². The maximum atomic E-state index is 12.9. The molecule has 0 atom stereocenters. The third-order valence-corrected chi connectivity index (χ3v) is 6.00. The van der Waals surface area contributed by atoms with Crippen molar-refractivity contribution in [3.63, 3.8) is 0 Å². The molecule has 168 valence electrons. The molecule has 0 N–H and O–H groups in total. The van der Waals surface area contributed by atoms with Crippen LogP contribution in [0.5, 0.6) is 0 Å². The fourth-order valence-electron chi connectivity index (χ4n) is 4.06. The van der Waals surface area contributed by atoms with E-state index in [1.54, 1.807) is 29.4 Å². The number of aryl methyl sites for hydroxylation is 1. The second-order valence-electron chi connectivity index (χ2n) is 8.29. The molecule has 5 rings (SSSR count). The van der Waals surface area contributed by atoms with Gasteiger partial charge in [0.2, 0.25) is 11.7 Å². The second kappa shape index (κ2) is 8.62. The number of likely N-dealkylation sites (N-methyl/N-ethyl adjacent to an activating group) is 1. The van der Waals surface area contributed by atoms with Gasteiger partial charge >= 0.3 is 0 Å². The minimum absolute atomic E-state index is 0.144. The van der Waals surface area contributed by atoms with Gasteiger partial charge in [0.25, 0.3) is 5.91 Å². The van der Waals surface area contributed by atoms with Crippen LogP contribution >= 0.6 is 0 Å². The molecule has 2 aliphatic rings. The lowest BCUT2D eigenvalue weighted by Crippen LogP contribution is -2.49. The average molecular weight is 438 g/mol. The Hall–Kier alpha value is -3.40. The van der Waals surface area contributed by atoms with Crippen LogP contribution in [0.15, 0.2) is 39.5 Å². The first-order valence-electron chi connectivity index (χ1n) is 10.9. The molecule has 10 nitrogen and oxygen atoms in total. The lowest BCUT2D eigenvalue weighted by molar-refractivity contribution is 0.0736. The van der Waals surface area contributed by atoms with Crippen LogP contribution < -0.4 is 9.80 Å². The van der Waals surface area contributed by atoms with Crippen LogP contribution in [0.25, 0.3) is 11.5 Å². The first-order valence-corrected chi connectivity index (χ1v) is 10.9. The van der Waals surface area contributed by atoms with E-state index in [-0.39, 0.29) is 11.6 Å². The zero-order valence-corrected chi connectivity index (χ0v) is 18.4. The highest BCUT2D eigenvalue weighted by Gasteiger charge is 2.27. The minimum atomic E-state index is -0.144. The lowest BCUT2D eigenvalue weighted by Gasteiger charge is -2.36. The standard InChI is InChI=1S/C22H27N7O3/c1-16-14-20(27-7-5-26(2)6-8-27)24-22(23-16)29-11-9-28(10-12-29)21(30)17-15-19(32-25-17)18-4-3-13-31-18/h3-4,13-15H,5-12H2,1-2H3. The summed E-state index contributed by atoms with van der Waals surface area (Å²) in [6, 6.07) is 7.21. The van der Waals surface area contributed by atoms with Crippen LogP contribution in [0.4, 0.5) is 11.8 Å². The van der Waals surface area contributed by atoms with Gasteiger partial charge in [-0.2, -0.15) is 4.98 Å². The molecule has 3 aromatic rings. The molecule has 3 aromatic heterocycles. The molecule has 5 heterocycles. The molecule has 10 heteroatoms. The normalized spacial score (nSPS) is 17.8. The van der Waals surface area contributed by atoms with E-state index in [1.807, 2.05) is 6.92 Å². The van der Waals surface area contributed by atoms with Gasteiger partial charge in [-0.1, -0.05) is 5.16 Å². The number of rotatable bonds is 4. The number of amides is 1. The van der Waals surface area contributed by atoms with Crippen LogP contribution in [0, 0.1) is 6.92 Å². The van der Waals surface area contributed by atoms with Crippen molar-refractivity contribution in [2.24, 2.45) is 0 Å². The van der Waals surface area contributed by atoms with Crippen LogP contribution in [-0.2, 0) is 0 Å². The monoisotopic (exact) mass is 437 g/mol. The predicted octanol–water partition coefficient (Wildman–Crippen LogP) is 1.75. The van der Waals surface area contributed by atoms with Gasteiger partial charge in [-0.25, -0.2) is 4.98 Å². The maximum Gasteiger partial charge on any atom is 0.276 e. The summed E-state index contributed by atoms with van der Waals surface area (Å²) in [6.45, 7) is 8.47. The molecule has 0 bridgehead atoms. The van der Waals surface area contributed by atoms with Gasteiger partial charge in [-0.05, 0) is 26.1 Å². The number of hydrogen-bond donors (Lipinski definition) is 0. The highest BCUT2D eigenvalue weighted by Crippen LogP contribution is 2.23. The van der Waals surface area contributed by atoms with Crippen molar-refractivity contribution < 1.29 is 13.7 Å². The minimum Gasteiger partial charge on any atom is -0.461 e. The number of carbonyl (C=O) groups excluding carboxylic acids is 1. The molecule has 0 aromatic carbocycles. The first kappa shape index (κ1) is 20.5. The molecule has 2 fully saturated rings. The number of aromatic nitrogens is 3. The van der Waals surface area contributed by atoms with Crippen molar-refractivity contribution in [2.45, 2.75) is 6.92 Å². The molecule has 0 spiro atoms. The van der Waals surface area contributed by atoms with Crippen molar-refractivity contribution in [1.82, 2.24) is 24.9 Å². The van der Waals surface area contributed by atoms with Gasteiger partial charge in [-0.3, -0.25) is 4.79 Å². The topological polar surface area (TPSA) is 95.0 Å². The Morgan fingerprint density at radius 2 is 1.69 bits per heavy atom. The van der Waals surface area contributed by atoms with Gasteiger partial charge < -0.3 is 28.5 Å². The van der Waals surface area contributed by atoms with E-state index < -0.39 is 0 Å². The Bertz CT molecular complexity index is 1070. The smallest absolute Gasteiger partial charge is 0.276 e. The highest BCUT2D eigenvalue weighted by molar-refractivity contribution is 5.93. The Morgan fingerprint density at radius 1 is 0.938 bits per heavy atom. The zero-order valence-electron chi connectivity index (χ0n) is 18.4. The maximum absolute atomic E-state index is 12.9. The van der Waals surface area contributed by atoms with Gasteiger partial charge in [0, 0.05) is 70.2 Å². The van der Waals surface area contributed by atoms with Gasteiger partial charge in [0.1, 0.15) is 5.82 Å². The van der Waals surface area contributed by atoms with Crippen LogP contribution in [-0.4, -0.2) is 90.2 Å². The van der Waals surface area contributed by atoms with E-state index in [0.717, 1.165) is 43.6 Å². The van der Waals surface area contributed by atoms with Crippen molar-refractivity contribution >= 4 is 17.7 Å². The highest BCUT2D eigenvalue weighted by atomic mass is 16.5. The molecule has 2 saturated heterocycles. The van der Waals surface area contributed by atoms with E-state index in [0.29, 0.717) is 37.7 Å². The summed E-state index contributed by atoms with van der Waals surface area (Å²) in [4.78, 5) is 31.0. The van der Waals surface area contributed by atoms with Gasteiger partial charge in [-0.15, -0.1) is 0 Å². The third kappa shape index (κ3) is 4.18. The fraction of sp³-hybridized carbons (Fsp3) is 0.455. The molecular weight excluding hydrogens is 410 g/mol. The van der Waals surface area contributed by atoms with Crippen LogP contribution in [0.2, 0.25) is 0 Å². The van der Waals surface area contributed by atoms with Gasteiger partial charge in [0.05, 0.1) is 6.26 Å². The summed E-state index contributed by atoms with van der Waals surface area (Å²) in [5, 5.41) is 3.93. The van der Waals surface area contributed by atoms with Crippen LogP contribution in [0.3, 0.4) is 0 Å². The molecule has 0 radical (unpaired) electrons. The molecule has 0 saturated carbocycles. The summed E-state index contributed by atoms with van der Waals surface area (Å²) in [5.74, 6) is 2.56. The fourth-order valence-corrected chi connectivity index (χ4v) is 4.06. The van der Waals surface area contributed by atoms with Gasteiger partial charge in [0.15, 0.2) is 11.5 Å². The quantitative estimate of drug-likeness (QED) is 0.605. The summed E-state index contributed by atoms with van der Waals surface area (Å²) in [7, 11) is 2.14. The molecule has 0 aliphatic carbocycles. The summed E-state index contributed by atoms with van der Waals surface area (Å²) < 4.78 is 10.6. The van der Waals surface area contributed by atoms with E-state index in [2.05, 4.69) is 38.0 Å². The number of anilines is 2. The number of hydrogen-bond acceptors (Lipinski definition) is 9. The van der Waals surface area contributed by atoms with Crippen molar-refractivity contribution in [1.29, 1.82) is 0 Å². The Morgan fingerprint density at radius 3 is 2.41 bits per heavy atom. The number of piperazine rings is 2. The summed E-state index contributed by atoms with van der Waals surface area (Å²) in [6.07, 6.45) is 1.56. The number of furan rings is 1.